The van der Waals surface area contributed by atoms with Crippen molar-refractivity contribution in [3.8, 4) is 0 Å². The molecule has 0 amide bonds. The summed E-state index contributed by atoms with van der Waals surface area (Å²) in [6.07, 6.45) is 2.09. The Labute approximate surface area is 76.7 Å². The lowest BCUT2D eigenvalue weighted by atomic mass is 10.4. The number of hydrogen-bond acceptors (Lipinski definition) is 1. The molecule has 52 valence electrons. The minimum atomic E-state index is 0. The van der Waals surface area contributed by atoms with E-state index in [0.29, 0.717) is 6.04 Å². The Bertz CT molecular complexity index is 148. The van der Waals surface area contributed by atoms with Gasteiger partial charge in [-0.3, -0.25) is 0 Å². The van der Waals surface area contributed by atoms with Crippen LogP contribution in [0.25, 0.3) is 0 Å². The molecule has 0 radical (unpaired) electrons. The fraction of sp³-hybridized carbons (Fsp3) is 0.500. The highest BCUT2D eigenvalue weighted by Crippen LogP contribution is 1.94. The predicted molar refractivity (Wildman–Crippen MR) is 34.9 cm³/mol. The molecule has 1 heterocycles. The lowest BCUT2D eigenvalue weighted by molar-refractivity contribution is -0.711. The second-order valence-corrected chi connectivity index (χ2v) is 2.82. The number of hydrogen-bond donors (Lipinski definition) is 0. The van der Waals surface area contributed by atoms with Gasteiger partial charge in [0, 0.05) is 0 Å². The minimum absolute atomic E-state index is 0. The largest absolute Gasteiger partial charge is 1.00 e. The van der Waals surface area contributed by atoms with E-state index in [2.05, 4.69) is 35.5 Å². The number of aromatic nitrogens is 1. The molecule has 0 aliphatic carbocycles. The van der Waals surface area contributed by atoms with Crippen molar-refractivity contribution < 1.29 is 28.5 Å². The second-order valence-electron chi connectivity index (χ2n) is 2.07. The van der Waals surface area contributed by atoms with Crippen LogP contribution in [-0.4, -0.2) is 0 Å². The van der Waals surface area contributed by atoms with Crippen LogP contribution in [0.15, 0.2) is 17.1 Å². The molecular formula is C6H10INS. The van der Waals surface area contributed by atoms with Gasteiger partial charge in [0.2, 0.25) is 5.51 Å². The smallest absolute Gasteiger partial charge is 0.224 e. The van der Waals surface area contributed by atoms with Crippen LogP contribution in [0.4, 0.5) is 0 Å². The monoisotopic (exact) mass is 255 g/mol. The maximum Gasteiger partial charge on any atom is 0.224 e. The van der Waals surface area contributed by atoms with Gasteiger partial charge in [0.25, 0.3) is 0 Å². The van der Waals surface area contributed by atoms with Crippen LogP contribution in [0, 0.1) is 0 Å². The van der Waals surface area contributed by atoms with E-state index in [1.165, 1.54) is 0 Å². The summed E-state index contributed by atoms with van der Waals surface area (Å²) in [7, 11) is 0. The summed E-state index contributed by atoms with van der Waals surface area (Å²) in [5.41, 5.74) is 2.12. The van der Waals surface area contributed by atoms with E-state index in [9.17, 15) is 0 Å². The van der Waals surface area contributed by atoms with Gasteiger partial charge in [0.15, 0.2) is 12.2 Å². The first-order chi connectivity index (χ1) is 3.80. The highest BCUT2D eigenvalue weighted by atomic mass is 127. The standard InChI is InChI=1S/C6H10NS.HI/c1-6(2)7-3-4-8-5-7;/h3-6H,1-2H3;1H/q+1;/p-1. The summed E-state index contributed by atoms with van der Waals surface area (Å²) in [6, 6.07) is 0.612. The number of nitrogens with zero attached hydrogens (tertiary/aromatic N) is 1. The molecular weight excluding hydrogens is 245 g/mol. The number of thiazole rings is 1. The van der Waals surface area contributed by atoms with Crippen LogP contribution in [0.3, 0.4) is 0 Å². The van der Waals surface area contributed by atoms with Gasteiger partial charge in [0.05, 0.1) is 5.38 Å². The molecule has 0 N–H and O–H groups in total. The molecule has 0 aromatic carbocycles. The van der Waals surface area contributed by atoms with Gasteiger partial charge in [-0.1, -0.05) is 11.3 Å². The molecule has 0 unspecified atom stereocenters. The summed E-state index contributed by atoms with van der Waals surface area (Å²) in [6.45, 7) is 4.35. The second kappa shape index (κ2) is 4.22. The average Bonchev–Trinajstić information content (AvgIpc) is 2.12. The average molecular weight is 255 g/mol. The van der Waals surface area contributed by atoms with Gasteiger partial charge in [-0.05, 0) is 13.8 Å². The highest BCUT2D eigenvalue weighted by Gasteiger charge is 2.02. The number of halogens is 1. The molecule has 9 heavy (non-hydrogen) atoms. The Morgan fingerprint density at radius 3 is 2.33 bits per heavy atom. The molecule has 1 aromatic heterocycles. The van der Waals surface area contributed by atoms with Crippen LogP contribution >= 0.6 is 11.3 Å². The molecule has 0 fully saturated rings. The molecule has 0 aliphatic rings. The van der Waals surface area contributed by atoms with Crippen molar-refractivity contribution in [3.05, 3.63) is 17.1 Å². The van der Waals surface area contributed by atoms with Gasteiger partial charge in [-0.25, -0.2) is 0 Å². The lowest BCUT2D eigenvalue weighted by Gasteiger charge is -1.90. The molecule has 0 saturated heterocycles. The van der Waals surface area contributed by atoms with Gasteiger partial charge >= 0.3 is 0 Å². The summed E-state index contributed by atoms with van der Waals surface area (Å²) in [4.78, 5) is 0. The van der Waals surface area contributed by atoms with Gasteiger partial charge in [-0.15, -0.1) is 0 Å². The van der Waals surface area contributed by atoms with E-state index in [4.69, 9.17) is 0 Å². The van der Waals surface area contributed by atoms with Crippen LogP contribution in [-0.2, 0) is 0 Å². The van der Waals surface area contributed by atoms with Gasteiger partial charge < -0.3 is 24.0 Å². The van der Waals surface area contributed by atoms with E-state index in [0.717, 1.165) is 0 Å². The first-order valence-corrected chi connectivity index (χ1v) is 3.68. The Kier molecular flexibility index (Phi) is 4.39. The van der Waals surface area contributed by atoms with E-state index < -0.39 is 0 Å². The van der Waals surface area contributed by atoms with Crippen LogP contribution < -0.4 is 28.5 Å². The van der Waals surface area contributed by atoms with E-state index in [1.54, 1.807) is 11.3 Å². The summed E-state index contributed by atoms with van der Waals surface area (Å²) >= 11 is 1.73. The maximum absolute atomic E-state index is 2.19. The molecule has 0 aliphatic heterocycles. The molecule has 3 heteroatoms. The summed E-state index contributed by atoms with van der Waals surface area (Å²) < 4.78 is 2.19. The van der Waals surface area contributed by atoms with Crippen LogP contribution in [0.1, 0.15) is 19.9 Å². The van der Waals surface area contributed by atoms with E-state index in [1.807, 2.05) is 0 Å². The quantitative estimate of drug-likeness (QED) is 0.430. The Morgan fingerprint density at radius 2 is 2.11 bits per heavy atom. The van der Waals surface area contributed by atoms with E-state index >= 15 is 0 Å². The number of rotatable bonds is 1. The van der Waals surface area contributed by atoms with Crippen LogP contribution in [0.5, 0.6) is 0 Å². The van der Waals surface area contributed by atoms with Gasteiger partial charge in [0.1, 0.15) is 0 Å². The summed E-state index contributed by atoms with van der Waals surface area (Å²) in [5.74, 6) is 0. The van der Waals surface area contributed by atoms with Crippen molar-refractivity contribution in [2.75, 3.05) is 0 Å². The molecule has 0 saturated carbocycles. The zero-order valence-corrected chi connectivity index (χ0v) is 8.52. The van der Waals surface area contributed by atoms with Crippen molar-refractivity contribution in [3.63, 3.8) is 0 Å². The zero-order valence-electron chi connectivity index (χ0n) is 5.54. The van der Waals surface area contributed by atoms with Crippen molar-refractivity contribution in [2.24, 2.45) is 0 Å². The molecule has 1 nitrogen and oxygen atoms in total. The first-order valence-electron chi connectivity index (χ1n) is 2.73. The molecule has 1 rings (SSSR count). The fourth-order valence-corrected chi connectivity index (χ4v) is 1.28. The third kappa shape index (κ3) is 2.62. The lowest BCUT2D eigenvalue weighted by Crippen LogP contribution is -3.00. The Balaban J connectivity index is 0.000000640. The minimum Gasteiger partial charge on any atom is -1.00 e. The third-order valence-corrected chi connectivity index (χ3v) is 1.73. The highest BCUT2D eigenvalue weighted by molar-refractivity contribution is 7.07. The topological polar surface area (TPSA) is 3.88 Å². The third-order valence-electron chi connectivity index (χ3n) is 1.09. The van der Waals surface area contributed by atoms with Crippen molar-refractivity contribution in [2.45, 2.75) is 19.9 Å². The van der Waals surface area contributed by atoms with E-state index in [-0.39, 0.29) is 24.0 Å². The molecule has 0 atom stereocenters. The van der Waals surface area contributed by atoms with Crippen molar-refractivity contribution in [1.82, 2.24) is 0 Å². The fourth-order valence-electron chi connectivity index (χ4n) is 0.540. The predicted octanol–water partition coefficient (Wildman–Crippen LogP) is -1.38. The Morgan fingerprint density at radius 1 is 1.44 bits per heavy atom. The molecule has 1 aromatic rings. The maximum atomic E-state index is 2.19. The SMILES string of the molecule is CC(C)[n+]1ccsc1.[I-]. The first kappa shape index (κ1) is 9.36. The van der Waals surface area contributed by atoms with Crippen molar-refractivity contribution in [1.29, 1.82) is 0 Å². The Hall–Kier alpha value is 0.360. The molecule has 0 spiro atoms. The normalized spacial score (nSPS) is 9.22. The molecule has 0 bridgehead atoms. The van der Waals surface area contributed by atoms with Crippen LogP contribution in [0.2, 0.25) is 0 Å². The zero-order chi connectivity index (χ0) is 5.98. The van der Waals surface area contributed by atoms with Crippen molar-refractivity contribution >= 4 is 11.3 Å². The summed E-state index contributed by atoms with van der Waals surface area (Å²) in [5, 5.41) is 2.08. The van der Waals surface area contributed by atoms with Gasteiger partial charge in [-0.2, -0.15) is 4.57 Å².